The molecule has 1 aliphatic rings. The maximum absolute atomic E-state index is 8.60. The largest absolute Gasteiger partial charge is 0.394 e. The lowest BCUT2D eigenvalue weighted by Gasteiger charge is -2.44. The number of aliphatic hydroxyl groups excluding tert-OH is 1. The summed E-state index contributed by atoms with van der Waals surface area (Å²) in [7, 11) is 0. The van der Waals surface area contributed by atoms with Crippen LogP contribution in [0.3, 0.4) is 0 Å². The summed E-state index contributed by atoms with van der Waals surface area (Å²) < 4.78 is 5.47. The van der Waals surface area contributed by atoms with Gasteiger partial charge in [0.1, 0.15) is 0 Å². The summed E-state index contributed by atoms with van der Waals surface area (Å²) >= 11 is 0. The molecule has 1 saturated carbocycles. The molecule has 3 heteroatoms. The highest BCUT2D eigenvalue weighted by molar-refractivity contribution is 4.91. The average Bonchev–Trinajstić information content (AvgIpc) is 2.02. The zero-order valence-electron chi connectivity index (χ0n) is 7.75. The van der Waals surface area contributed by atoms with Gasteiger partial charge in [0.25, 0.3) is 0 Å². The van der Waals surface area contributed by atoms with Gasteiger partial charge in [-0.05, 0) is 18.3 Å². The minimum Gasteiger partial charge on any atom is -0.394 e. The molecule has 1 aliphatic carbocycles. The number of aliphatic hydroxyl groups is 1. The fraction of sp³-hybridized carbons (Fsp3) is 1.00. The van der Waals surface area contributed by atoms with Crippen molar-refractivity contribution in [1.82, 2.24) is 0 Å². The second-order valence-corrected chi connectivity index (χ2v) is 3.83. The molecule has 1 fully saturated rings. The Morgan fingerprint density at radius 3 is 2.58 bits per heavy atom. The molecule has 12 heavy (non-hydrogen) atoms. The topological polar surface area (TPSA) is 55.5 Å². The smallest absolute Gasteiger partial charge is 0.0751 e. The molecule has 1 atom stereocenters. The maximum atomic E-state index is 8.60. The van der Waals surface area contributed by atoms with Crippen molar-refractivity contribution in [3.05, 3.63) is 0 Å². The van der Waals surface area contributed by atoms with Crippen molar-refractivity contribution < 1.29 is 9.84 Å². The first kappa shape index (κ1) is 9.96. The summed E-state index contributed by atoms with van der Waals surface area (Å²) in [6, 6.07) is 0. The predicted octanol–water partition coefficient (Wildman–Crippen LogP) is 0.513. The molecule has 0 amide bonds. The van der Waals surface area contributed by atoms with Crippen LogP contribution in [0.1, 0.15) is 26.2 Å². The fourth-order valence-corrected chi connectivity index (χ4v) is 1.81. The van der Waals surface area contributed by atoms with Crippen molar-refractivity contribution in [1.29, 1.82) is 0 Å². The predicted molar refractivity (Wildman–Crippen MR) is 47.8 cm³/mol. The molecule has 0 saturated heterocycles. The van der Waals surface area contributed by atoms with Crippen molar-refractivity contribution in [3.8, 4) is 0 Å². The highest BCUT2D eigenvalue weighted by Crippen LogP contribution is 2.44. The number of hydrogen-bond acceptors (Lipinski definition) is 3. The van der Waals surface area contributed by atoms with Crippen molar-refractivity contribution in [2.45, 2.75) is 32.3 Å². The van der Waals surface area contributed by atoms with Gasteiger partial charge in [0.05, 0.1) is 19.3 Å². The van der Waals surface area contributed by atoms with Crippen molar-refractivity contribution in [2.75, 3.05) is 19.8 Å². The Balaban J connectivity index is 2.33. The Labute approximate surface area is 73.9 Å². The van der Waals surface area contributed by atoms with Gasteiger partial charge in [-0.25, -0.2) is 0 Å². The van der Waals surface area contributed by atoms with Gasteiger partial charge in [0.2, 0.25) is 0 Å². The molecule has 0 aromatic carbocycles. The molecular weight excluding hydrogens is 154 g/mol. The molecular formula is C9H19NO2. The van der Waals surface area contributed by atoms with Crippen LogP contribution in [-0.4, -0.2) is 31.0 Å². The van der Waals surface area contributed by atoms with E-state index in [9.17, 15) is 0 Å². The standard InChI is InChI=1S/C9H19NO2/c1-9(3-2-4-9)8(7-10)12-6-5-11/h8,11H,2-7,10H2,1H3. The van der Waals surface area contributed by atoms with Crippen LogP contribution in [0.25, 0.3) is 0 Å². The lowest BCUT2D eigenvalue weighted by atomic mass is 9.66. The van der Waals surface area contributed by atoms with E-state index >= 15 is 0 Å². The lowest BCUT2D eigenvalue weighted by Crippen LogP contribution is -2.45. The average molecular weight is 173 g/mol. The first-order chi connectivity index (χ1) is 5.73. The highest BCUT2D eigenvalue weighted by Gasteiger charge is 2.39. The van der Waals surface area contributed by atoms with Gasteiger partial charge in [-0.15, -0.1) is 0 Å². The second kappa shape index (κ2) is 4.21. The number of ether oxygens (including phenoxy) is 1. The zero-order chi connectivity index (χ0) is 9.03. The Hall–Kier alpha value is -0.120. The quantitative estimate of drug-likeness (QED) is 0.637. The minimum atomic E-state index is 0.0899. The Morgan fingerprint density at radius 1 is 1.58 bits per heavy atom. The molecule has 0 radical (unpaired) electrons. The number of hydrogen-bond donors (Lipinski definition) is 2. The van der Waals surface area contributed by atoms with Gasteiger partial charge in [-0.2, -0.15) is 0 Å². The van der Waals surface area contributed by atoms with E-state index < -0.39 is 0 Å². The van der Waals surface area contributed by atoms with Gasteiger partial charge in [0, 0.05) is 6.54 Å². The molecule has 1 unspecified atom stereocenters. The molecule has 0 bridgehead atoms. The molecule has 0 aromatic heterocycles. The summed E-state index contributed by atoms with van der Waals surface area (Å²) in [5.74, 6) is 0. The van der Waals surface area contributed by atoms with Gasteiger partial charge in [-0.3, -0.25) is 0 Å². The normalized spacial score (nSPS) is 23.2. The third-order valence-electron chi connectivity index (χ3n) is 2.90. The highest BCUT2D eigenvalue weighted by atomic mass is 16.5. The molecule has 0 heterocycles. The van der Waals surface area contributed by atoms with Crippen LogP contribution < -0.4 is 5.73 Å². The first-order valence-corrected chi connectivity index (χ1v) is 4.65. The van der Waals surface area contributed by atoms with Gasteiger partial charge in [0.15, 0.2) is 0 Å². The van der Waals surface area contributed by atoms with E-state index in [0.29, 0.717) is 13.2 Å². The third kappa shape index (κ3) is 1.97. The van der Waals surface area contributed by atoms with Crippen molar-refractivity contribution in [2.24, 2.45) is 11.1 Å². The van der Waals surface area contributed by atoms with Crippen LogP contribution in [0.5, 0.6) is 0 Å². The lowest BCUT2D eigenvalue weighted by molar-refractivity contribution is -0.0739. The molecule has 3 N–H and O–H groups in total. The SMILES string of the molecule is CC1(C(CN)OCCO)CCC1. The molecule has 72 valence electrons. The molecule has 1 rings (SSSR count). The van der Waals surface area contributed by atoms with Gasteiger partial charge < -0.3 is 15.6 Å². The monoisotopic (exact) mass is 173 g/mol. The first-order valence-electron chi connectivity index (χ1n) is 4.65. The van der Waals surface area contributed by atoms with Gasteiger partial charge >= 0.3 is 0 Å². The van der Waals surface area contributed by atoms with E-state index in [1.807, 2.05) is 0 Å². The van der Waals surface area contributed by atoms with Crippen LogP contribution in [0.2, 0.25) is 0 Å². The van der Waals surface area contributed by atoms with Crippen LogP contribution >= 0.6 is 0 Å². The van der Waals surface area contributed by atoms with Crippen LogP contribution in [0.15, 0.2) is 0 Å². The van der Waals surface area contributed by atoms with E-state index in [1.54, 1.807) is 0 Å². The molecule has 3 nitrogen and oxygen atoms in total. The zero-order valence-corrected chi connectivity index (χ0v) is 7.75. The van der Waals surface area contributed by atoms with E-state index in [-0.39, 0.29) is 18.1 Å². The maximum Gasteiger partial charge on any atom is 0.0751 e. The van der Waals surface area contributed by atoms with Crippen molar-refractivity contribution in [3.63, 3.8) is 0 Å². The molecule has 0 aromatic rings. The number of nitrogens with two attached hydrogens (primary N) is 1. The summed E-state index contributed by atoms with van der Waals surface area (Å²) in [6.07, 6.45) is 3.84. The summed E-state index contributed by atoms with van der Waals surface area (Å²) in [6.45, 7) is 3.28. The van der Waals surface area contributed by atoms with E-state index in [0.717, 1.165) is 0 Å². The van der Waals surface area contributed by atoms with E-state index in [1.165, 1.54) is 19.3 Å². The van der Waals surface area contributed by atoms with E-state index in [4.69, 9.17) is 15.6 Å². The molecule has 0 aliphatic heterocycles. The Kier molecular flexibility index (Phi) is 3.50. The second-order valence-electron chi connectivity index (χ2n) is 3.83. The fourth-order valence-electron chi connectivity index (χ4n) is 1.81. The summed E-state index contributed by atoms with van der Waals surface area (Å²) in [5, 5.41) is 8.60. The van der Waals surface area contributed by atoms with Crippen LogP contribution in [0.4, 0.5) is 0 Å². The summed E-state index contributed by atoms with van der Waals surface area (Å²) in [5.41, 5.74) is 5.88. The van der Waals surface area contributed by atoms with Crippen LogP contribution in [0, 0.1) is 5.41 Å². The number of rotatable bonds is 5. The third-order valence-corrected chi connectivity index (χ3v) is 2.90. The molecule has 0 spiro atoms. The van der Waals surface area contributed by atoms with Crippen molar-refractivity contribution >= 4 is 0 Å². The van der Waals surface area contributed by atoms with E-state index in [2.05, 4.69) is 6.92 Å². The Bertz CT molecular complexity index is 134. The van der Waals surface area contributed by atoms with Gasteiger partial charge in [-0.1, -0.05) is 13.3 Å². The summed E-state index contributed by atoms with van der Waals surface area (Å²) in [4.78, 5) is 0. The minimum absolute atomic E-state index is 0.0899. The Morgan fingerprint density at radius 2 is 2.25 bits per heavy atom. The van der Waals surface area contributed by atoms with Crippen LogP contribution in [-0.2, 0) is 4.74 Å².